The molecule has 2 rings (SSSR count). The Balaban J connectivity index is 2.57. The second-order valence-corrected chi connectivity index (χ2v) is 4.58. The molecule has 1 aromatic heterocycles. The molecule has 0 saturated carbocycles. The Morgan fingerprint density at radius 2 is 1.84 bits per heavy atom. The summed E-state index contributed by atoms with van der Waals surface area (Å²) < 4.78 is 19.7. The van der Waals surface area contributed by atoms with Crippen LogP contribution in [0.4, 0.5) is 4.39 Å². The van der Waals surface area contributed by atoms with Gasteiger partial charge in [0.15, 0.2) is 0 Å². The Morgan fingerprint density at radius 1 is 1.21 bits per heavy atom. The van der Waals surface area contributed by atoms with E-state index in [0.29, 0.717) is 5.69 Å². The predicted molar refractivity (Wildman–Crippen MR) is 71.6 cm³/mol. The maximum Gasteiger partial charge on any atom is 0.355 e. The normalized spacial score (nSPS) is 10.8. The van der Waals surface area contributed by atoms with Crippen molar-refractivity contribution in [2.45, 2.75) is 19.9 Å². The molecule has 4 heteroatoms. The molecular weight excluding hydrogens is 245 g/mol. The van der Waals surface area contributed by atoms with Crippen molar-refractivity contribution in [3.8, 4) is 11.1 Å². The Kier molecular flexibility index (Phi) is 3.69. The minimum Gasteiger partial charge on any atom is -0.464 e. The molecule has 1 aromatic carbocycles. The third-order valence-electron chi connectivity index (χ3n) is 3.01. The maximum atomic E-state index is 13.0. The van der Waals surface area contributed by atoms with E-state index in [-0.39, 0.29) is 11.9 Å². The summed E-state index contributed by atoms with van der Waals surface area (Å²) in [5.74, 6) is -0.690. The van der Waals surface area contributed by atoms with E-state index in [0.717, 1.165) is 11.1 Å². The summed E-state index contributed by atoms with van der Waals surface area (Å²) >= 11 is 0. The highest BCUT2D eigenvalue weighted by atomic mass is 19.1. The van der Waals surface area contributed by atoms with E-state index in [2.05, 4.69) is 0 Å². The molecule has 0 aliphatic heterocycles. The van der Waals surface area contributed by atoms with Crippen molar-refractivity contribution in [2.24, 2.45) is 0 Å². The highest BCUT2D eigenvalue weighted by Crippen LogP contribution is 2.28. The molecule has 100 valence electrons. The Hall–Kier alpha value is -2.10. The average molecular weight is 261 g/mol. The number of ether oxygens (including phenoxy) is 1. The van der Waals surface area contributed by atoms with Crippen molar-refractivity contribution in [3.63, 3.8) is 0 Å². The maximum absolute atomic E-state index is 13.0. The molecule has 0 bridgehead atoms. The molecule has 0 spiro atoms. The molecule has 0 N–H and O–H groups in total. The molecule has 0 aliphatic rings. The van der Waals surface area contributed by atoms with Crippen molar-refractivity contribution in [2.75, 3.05) is 7.11 Å². The van der Waals surface area contributed by atoms with Crippen LogP contribution in [0.3, 0.4) is 0 Å². The minimum absolute atomic E-state index is 0.142. The van der Waals surface area contributed by atoms with Gasteiger partial charge in [0.25, 0.3) is 0 Å². The van der Waals surface area contributed by atoms with Crippen molar-refractivity contribution in [3.05, 3.63) is 48.0 Å². The van der Waals surface area contributed by atoms with E-state index >= 15 is 0 Å². The highest BCUT2D eigenvalue weighted by molar-refractivity contribution is 5.96. The van der Waals surface area contributed by atoms with Gasteiger partial charge in [-0.2, -0.15) is 0 Å². The number of nitrogens with zero attached hydrogens (tertiary/aromatic N) is 1. The first kappa shape index (κ1) is 13.3. The number of aromatic nitrogens is 1. The monoisotopic (exact) mass is 261 g/mol. The van der Waals surface area contributed by atoms with E-state index in [1.165, 1.54) is 19.2 Å². The van der Waals surface area contributed by atoms with E-state index in [1.54, 1.807) is 12.1 Å². The largest absolute Gasteiger partial charge is 0.464 e. The molecule has 1 heterocycles. The Morgan fingerprint density at radius 3 is 2.37 bits per heavy atom. The summed E-state index contributed by atoms with van der Waals surface area (Å²) in [7, 11) is 1.36. The van der Waals surface area contributed by atoms with Crippen molar-refractivity contribution < 1.29 is 13.9 Å². The van der Waals surface area contributed by atoms with E-state index in [9.17, 15) is 9.18 Å². The Bertz CT molecular complexity index is 585. The van der Waals surface area contributed by atoms with Gasteiger partial charge in [-0.05, 0) is 37.6 Å². The first-order chi connectivity index (χ1) is 9.04. The van der Waals surface area contributed by atoms with Crippen LogP contribution in [0.5, 0.6) is 0 Å². The number of halogens is 1. The molecule has 0 fully saturated rings. The number of benzene rings is 1. The zero-order valence-electron chi connectivity index (χ0n) is 11.2. The van der Waals surface area contributed by atoms with E-state index in [4.69, 9.17) is 4.74 Å². The zero-order chi connectivity index (χ0) is 14.0. The van der Waals surface area contributed by atoms with Crippen LogP contribution in [0.25, 0.3) is 11.1 Å². The predicted octanol–water partition coefficient (Wildman–Crippen LogP) is 3.66. The third-order valence-corrected chi connectivity index (χ3v) is 3.01. The van der Waals surface area contributed by atoms with Gasteiger partial charge in [-0.25, -0.2) is 9.18 Å². The molecule has 0 atom stereocenters. The van der Waals surface area contributed by atoms with Crippen molar-refractivity contribution >= 4 is 5.97 Å². The molecular formula is C15H16FNO2. The molecule has 19 heavy (non-hydrogen) atoms. The number of hydrogen-bond donors (Lipinski definition) is 0. The van der Waals surface area contributed by atoms with Gasteiger partial charge in [0.05, 0.1) is 7.11 Å². The first-order valence-electron chi connectivity index (χ1n) is 6.09. The summed E-state index contributed by atoms with van der Waals surface area (Å²) in [5.41, 5.74) is 2.03. The van der Waals surface area contributed by atoms with Gasteiger partial charge >= 0.3 is 5.97 Å². The van der Waals surface area contributed by atoms with Gasteiger partial charge < -0.3 is 9.30 Å². The second kappa shape index (κ2) is 5.26. The van der Waals surface area contributed by atoms with Crippen LogP contribution < -0.4 is 0 Å². The molecule has 0 radical (unpaired) electrons. The average Bonchev–Trinajstić information content (AvgIpc) is 2.83. The summed E-state index contributed by atoms with van der Waals surface area (Å²) in [6, 6.07) is 8.05. The SMILES string of the molecule is COC(=O)c1c(-c2ccc(F)cc2)ccn1C(C)C. The molecule has 3 nitrogen and oxygen atoms in total. The summed E-state index contributed by atoms with van der Waals surface area (Å²) in [6.45, 7) is 3.97. The lowest BCUT2D eigenvalue weighted by atomic mass is 10.1. The van der Waals surface area contributed by atoms with E-state index < -0.39 is 5.97 Å². The summed E-state index contributed by atoms with van der Waals surface area (Å²) in [6.07, 6.45) is 1.84. The van der Waals surface area contributed by atoms with Gasteiger partial charge in [0, 0.05) is 17.8 Å². The molecule has 0 unspecified atom stereocenters. The lowest BCUT2D eigenvalue weighted by Gasteiger charge is -2.13. The summed E-state index contributed by atoms with van der Waals surface area (Å²) in [5, 5.41) is 0. The van der Waals surface area contributed by atoms with Gasteiger partial charge in [0.2, 0.25) is 0 Å². The number of hydrogen-bond acceptors (Lipinski definition) is 2. The highest BCUT2D eigenvalue weighted by Gasteiger charge is 2.20. The van der Waals surface area contributed by atoms with Crippen LogP contribution in [0, 0.1) is 5.82 Å². The molecule has 0 saturated heterocycles. The van der Waals surface area contributed by atoms with Crippen molar-refractivity contribution in [1.82, 2.24) is 4.57 Å². The lowest BCUT2D eigenvalue weighted by Crippen LogP contribution is -2.12. The third kappa shape index (κ3) is 2.52. The molecule has 0 amide bonds. The lowest BCUT2D eigenvalue weighted by molar-refractivity contribution is 0.0587. The fourth-order valence-electron chi connectivity index (χ4n) is 2.05. The second-order valence-electron chi connectivity index (χ2n) is 4.58. The standard InChI is InChI=1S/C15H16FNO2/c1-10(2)17-9-8-13(14(17)15(18)19-3)11-4-6-12(16)7-5-11/h4-10H,1-3H3. The first-order valence-corrected chi connectivity index (χ1v) is 6.09. The molecule has 0 aliphatic carbocycles. The number of rotatable bonds is 3. The van der Waals surface area contributed by atoms with Gasteiger partial charge in [-0.3, -0.25) is 0 Å². The fraction of sp³-hybridized carbons (Fsp3) is 0.267. The van der Waals surface area contributed by atoms with Gasteiger partial charge in [0.1, 0.15) is 11.5 Å². The smallest absolute Gasteiger partial charge is 0.355 e. The number of carbonyl (C=O) groups excluding carboxylic acids is 1. The number of methoxy groups -OCH3 is 1. The topological polar surface area (TPSA) is 31.2 Å². The van der Waals surface area contributed by atoms with Gasteiger partial charge in [-0.15, -0.1) is 0 Å². The van der Waals surface area contributed by atoms with Crippen LogP contribution in [-0.2, 0) is 4.74 Å². The fourth-order valence-corrected chi connectivity index (χ4v) is 2.05. The number of carbonyl (C=O) groups is 1. The van der Waals surface area contributed by atoms with Crippen LogP contribution >= 0.6 is 0 Å². The quantitative estimate of drug-likeness (QED) is 0.789. The Labute approximate surface area is 111 Å². The van der Waals surface area contributed by atoms with E-state index in [1.807, 2.05) is 30.7 Å². The van der Waals surface area contributed by atoms with Crippen LogP contribution in [0.1, 0.15) is 30.4 Å². The van der Waals surface area contributed by atoms with Gasteiger partial charge in [-0.1, -0.05) is 12.1 Å². The van der Waals surface area contributed by atoms with Crippen LogP contribution in [0.2, 0.25) is 0 Å². The minimum atomic E-state index is -0.391. The van der Waals surface area contributed by atoms with Crippen molar-refractivity contribution in [1.29, 1.82) is 0 Å². The zero-order valence-corrected chi connectivity index (χ0v) is 11.2. The molecule has 2 aromatic rings. The summed E-state index contributed by atoms with van der Waals surface area (Å²) in [4.78, 5) is 11.9. The number of esters is 1. The van der Waals surface area contributed by atoms with Crippen LogP contribution in [0.15, 0.2) is 36.5 Å². The van der Waals surface area contributed by atoms with Crippen LogP contribution in [-0.4, -0.2) is 17.6 Å².